The third kappa shape index (κ3) is 3.76. The largest absolute Gasteiger partial charge is 0.465 e. The standard InChI is InChI=1S/C17H18ClNO2/c1-3-12-7-9-15(18)14(4-2)17(12)19-16(20)10-8-13-6-5-11-21-13/h5-11H,3-4H2,1-2H3,(H,19,20)/b10-8+. The third-order valence-corrected chi connectivity index (χ3v) is 3.62. The SMILES string of the molecule is CCc1ccc(Cl)c(CC)c1NC(=O)/C=C/c1ccco1. The van der Waals surface area contributed by atoms with Crippen LogP contribution in [0.4, 0.5) is 5.69 Å². The Morgan fingerprint density at radius 1 is 1.29 bits per heavy atom. The van der Waals surface area contributed by atoms with Gasteiger partial charge in [0.1, 0.15) is 5.76 Å². The first-order chi connectivity index (χ1) is 10.2. The van der Waals surface area contributed by atoms with Gasteiger partial charge in [0.25, 0.3) is 0 Å². The van der Waals surface area contributed by atoms with Crippen molar-refractivity contribution in [1.29, 1.82) is 0 Å². The molecule has 0 aliphatic carbocycles. The van der Waals surface area contributed by atoms with Crippen molar-refractivity contribution in [2.24, 2.45) is 0 Å². The Labute approximate surface area is 129 Å². The average Bonchev–Trinajstić information content (AvgIpc) is 2.99. The molecule has 1 aromatic heterocycles. The van der Waals surface area contributed by atoms with Crippen LogP contribution in [0.1, 0.15) is 30.7 Å². The van der Waals surface area contributed by atoms with Crippen molar-refractivity contribution < 1.29 is 9.21 Å². The number of anilines is 1. The second kappa shape index (κ2) is 7.14. The number of amides is 1. The number of furan rings is 1. The third-order valence-electron chi connectivity index (χ3n) is 3.27. The van der Waals surface area contributed by atoms with E-state index >= 15 is 0 Å². The highest BCUT2D eigenvalue weighted by Gasteiger charge is 2.11. The van der Waals surface area contributed by atoms with Crippen LogP contribution in [0.5, 0.6) is 0 Å². The average molecular weight is 304 g/mol. The minimum Gasteiger partial charge on any atom is -0.465 e. The molecule has 0 aliphatic rings. The van der Waals surface area contributed by atoms with E-state index in [1.54, 1.807) is 24.5 Å². The van der Waals surface area contributed by atoms with E-state index in [1.165, 1.54) is 6.08 Å². The molecule has 2 aromatic rings. The van der Waals surface area contributed by atoms with Crippen LogP contribution in [0.15, 0.2) is 41.0 Å². The molecule has 0 radical (unpaired) electrons. The zero-order chi connectivity index (χ0) is 15.2. The zero-order valence-corrected chi connectivity index (χ0v) is 12.9. The van der Waals surface area contributed by atoms with Gasteiger partial charge in [-0.25, -0.2) is 0 Å². The topological polar surface area (TPSA) is 42.2 Å². The number of halogens is 1. The van der Waals surface area contributed by atoms with E-state index in [2.05, 4.69) is 12.2 Å². The van der Waals surface area contributed by atoms with Crippen LogP contribution in [0.3, 0.4) is 0 Å². The number of aryl methyl sites for hydroxylation is 1. The van der Waals surface area contributed by atoms with Crippen LogP contribution in [0.25, 0.3) is 6.08 Å². The van der Waals surface area contributed by atoms with E-state index in [4.69, 9.17) is 16.0 Å². The smallest absolute Gasteiger partial charge is 0.248 e. The lowest BCUT2D eigenvalue weighted by atomic mass is 10.0. The van der Waals surface area contributed by atoms with E-state index in [0.717, 1.165) is 29.7 Å². The lowest BCUT2D eigenvalue weighted by Crippen LogP contribution is -2.12. The molecule has 0 unspecified atom stereocenters. The number of hydrogen-bond donors (Lipinski definition) is 1. The van der Waals surface area contributed by atoms with Gasteiger partial charge in [-0.2, -0.15) is 0 Å². The van der Waals surface area contributed by atoms with Crippen molar-refractivity contribution in [3.8, 4) is 0 Å². The predicted molar refractivity (Wildman–Crippen MR) is 86.6 cm³/mol. The van der Waals surface area contributed by atoms with Gasteiger partial charge in [-0.05, 0) is 48.2 Å². The maximum Gasteiger partial charge on any atom is 0.248 e. The van der Waals surface area contributed by atoms with Crippen molar-refractivity contribution in [2.75, 3.05) is 5.32 Å². The number of carbonyl (C=O) groups excluding carboxylic acids is 1. The highest BCUT2D eigenvalue weighted by molar-refractivity contribution is 6.32. The van der Waals surface area contributed by atoms with Gasteiger partial charge in [-0.3, -0.25) is 4.79 Å². The summed E-state index contributed by atoms with van der Waals surface area (Å²) in [7, 11) is 0. The van der Waals surface area contributed by atoms with E-state index in [1.807, 2.05) is 19.1 Å². The first-order valence-corrected chi connectivity index (χ1v) is 7.36. The van der Waals surface area contributed by atoms with Crippen molar-refractivity contribution in [2.45, 2.75) is 26.7 Å². The molecule has 0 spiro atoms. The molecule has 110 valence electrons. The zero-order valence-electron chi connectivity index (χ0n) is 12.2. The summed E-state index contributed by atoms with van der Waals surface area (Å²) in [6.07, 6.45) is 6.26. The molecule has 1 aromatic carbocycles. The molecule has 4 heteroatoms. The second-order valence-corrected chi connectivity index (χ2v) is 5.01. The fourth-order valence-electron chi connectivity index (χ4n) is 2.18. The van der Waals surface area contributed by atoms with Crippen molar-refractivity contribution in [1.82, 2.24) is 0 Å². The molecule has 1 N–H and O–H groups in total. The van der Waals surface area contributed by atoms with Crippen LogP contribution < -0.4 is 5.32 Å². The summed E-state index contributed by atoms with van der Waals surface area (Å²) in [5.74, 6) is 0.445. The summed E-state index contributed by atoms with van der Waals surface area (Å²) in [5.41, 5.74) is 2.87. The molecule has 0 saturated heterocycles. The number of carbonyl (C=O) groups is 1. The van der Waals surface area contributed by atoms with Gasteiger partial charge < -0.3 is 9.73 Å². The molecule has 2 rings (SSSR count). The molecule has 0 saturated carbocycles. The van der Waals surface area contributed by atoms with Gasteiger partial charge in [-0.15, -0.1) is 0 Å². The van der Waals surface area contributed by atoms with Crippen LogP contribution in [0.2, 0.25) is 5.02 Å². The Morgan fingerprint density at radius 3 is 2.71 bits per heavy atom. The van der Waals surface area contributed by atoms with Gasteiger partial charge in [0, 0.05) is 16.8 Å². The van der Waals surface area contributed by atoms with E-state index < -0.39 is 0 Å². The molecule has 1 heterocycles. The van der Waals surface area contributed by atoms with Crippen LogP contribution in [-0.2, 0) is 17.6 Å². The molecule has 0 aliphatic heterocycles. The first-order valence-electron chi connectivity index (χ1n) is 6.98. The quantitative estimate of drug-likeness (QED) is 0.813. The van der Waals surface area contributed by atoms with Crippen LogP contribution >= 0.6 is 11.6 Å². The summed E-state index contributed by atoms with van der Waals surface area (Å²) >= 11 is 6.22. The molecule has 3 nitrogen and oxygen atoms in total. The first kappa shape index (κ1) is 15.4. The van der Waals surface area contributed by atoms with Crippen LogP contribution in [-0.4, -0.2) is 5.91 Å². The lowest BCUT2D eigenvalue weighted by Gasteiger charge is -2.14. The number of rotatable bonds is 5. The monoisotopic (exact) mass is 303 g/mol. The van der Waals surface area contributed by atoms with E-state index in [0.29, 0.717) is 10.8 Å². The highest BCUT2D eigenvalue weighted by Crippen LogP contribution is 2.29. The minimum absolute atomic E-state index is 0.196. The molecular weight excluding hydrogens is 286 g/mol. The normalized spacial score (nSPS) is 11.0. The van der Waals surface area contributed by atoms with Crippen molar-refractivity contribution in [3.05, 3.63) is 58.5 Å². The molecule has 0 fully saturated rings. The Balaban J connectivity index is 2.22. The van der Waals surface area contributed by atoms with Gasteiger partial charge in [0.2, 0.25) is 5.91 Å². The van der Waals surface area contributed by atoms with E-state index in [9.17, 15) is 4.79 Å². The summed E-state index contributed by atoms with van der Waals surface area (Å²) < 4.78 is 5.16. The Hall–Kier alpha value is -2.00. The Bertz CT molecular complexity index is 645. The molecule has 1 amide bonds. The Morgan fingerprint density at radius 2 is 2.10 bits per heavy atom. The van der Waals surface area contributed by atoms with Gasteiger partial charge in [0.05, 0.1) is 6.26 Å². The summed E-state index contributed by atoms with van der Waals surface area (Å²) in [4.78, 5) is 12.1. The second-order valence-electron chi connectivity index (χ2n) is 4.61. The number of hydrogen-bond acceptors (Lipinski definition) is 2. The van der Waals surface area contributed by atoms with Gasteiger partial charge in [0.15, 0.2) is 0 Å². The summed E-state index contributed by atoms with van der Waals surface area (Å²) in [5, 5.41) is 3.61. The molecular formula is C17H18ClNO2. The maximum atomic E-state index is 12.1. The molecule has 21 heavy (non-hydrogen) atoms. The summed E-state index contributed by atoms with van der Waals surface area (Å²) in [6, 6.07) is 7.40. The fourth-order valence-corrected chi connectivity index (χ4v) is 2.47. The Kier molecular flexibility index (Phi) is 5.23. The summed E-state index contributed by atoms with van der Waals surface area (Å²) in [6.45, 7) is 4.08. The number of nitrogens with one attached hydrogen (secondary N) is 1. The van der Waals surface area contributed by atoms with E-state index in [-0.39, 0.29) is 5.91 Å². The van der Waals surface area contributed by atoms with Gasteiger partial charge >= 0.3 is 0 Å². The minimum atomic E-state index is -0.196. The van der Waals surface area contributed by atoms with Crippen molar-refractivity contribution in [3.63, 3.8) is 0 Å². The maximum absolute atomic E-state index is 12.1. The van der Waals surface area contributed by atoms with Crippen molar-refractivity contribution >= 4 is 29.3 Å². The highest BCUT2D eigenvalue weighted by atomic mass is 35.5. The fraction of sp³-hybridized carbons (Fsp3) is 0.235. The lowest BCUT2D eigenvalue weighted by molar-refractivity contribution is -0.111. The molecule has 0 atom stereocenters. The molecule has 0 bridgehead atoms. The predicted octanol–water partition coefficient (Wildman–Crippen LogP) is 4.71. The van der Waals surface area contributed by atoms with Crippen LogP contribution in [0, 0.1) is 0 Å². The van der Waals surface area contributed by atoms with Gasteiger partial charge in [-0.1, -0.05) is 31.5 Å². The number of benzene rings is 1.